The molecular weight excluding hydrogens is 294 g/mol. The van der Waals surface area contributed by atoms with E-state index in [1.165, 1.54) is 6.42 Å². The number of piperidine rings is 2. The molecular formula is C17H23N3O3. The van der Waals surface area contributed by atoms with Gasteiger partial charge in [0.2, 0.25) is 0 Å². The maximum Gasteiger partial charge on any atom is 0.306 e. The summed E-state index contributed by atoms with van der Waals surface area (Å²) in [5.74, 6) is -0.331. The smallest absolute Gasteiger partial charge is 0.306 e. The van der Waals surface area contributed by atoms with Gasteiger partial charge in [-0.05, 0) is 44.2 Å². The first kappa shape index (κ1) is 15.8. The van der Waals surface area contributed by atoms with Crippen molar-refractivity contribution in [3.63, 3.8) is 0 Å². The summed E-state index contributed by atoms with van der Waals surface area (Å²) in [5, 5.41) is 9.07. The number of carboxylic acid groups (broad SMARTS) is 1. The number of carboxylic acids is 1. The van der Waals surface area contributed by atoms with Gasteiger partial charge in [0.25, 0.3) is 5.91 Å². The van der Waals surface area contributed by atoms with Gasteiger partial charge in [-0.3, -0.25) is 9.59 Å². The average molecular weight is 317 g/mol. The Morgan fingerprint density at radius 2 is 1.78 bits per heavy atom. The minimum Gasteiger partial charge on any atom is -0.481 e. The zero-order valence-corrected chi connectivity index (χ0v) is 13.3. The molecule has 0 spiro atoms. The van der Waals surface area contributed by atoms with E-state index >= 15 is 0 Å². The lowest BCUT2D eigenvalue weighted by molar-refractivity contribution is -0.143. The molecule has 0 aromatic carbocycles. The van der Waals surface area contributed by atoms with E-state index in [9.17, 15) is 9.59 Å². The Labute approximate surface area is 136 Å². The summed E-state index contributed by atoms with van der Waals surface area (Å²) in [7, 11) is 0. The molecule has 3 heterocycles. The standard InChI is InChI=1S/C17H23N3O3/c21-16(20-11-6-13(7-12-20)17(22)23)14-5-4-8-18-15(14)19-9-2-1-3-10-19/h4-5,8,13H,1-3,6-7,9-12H2,(H,22,23). The average Bonchev–Trinajstić information content (AvgIpc) is 2.62. The van der Waals surface area contributed by atoms with Crippen LogP contribution in [0.25, 0.3) is 0 Å². The van der Waals surface area contributed by atoms with Gasteiger partial charge in [-0.15, -0.1) is 0 Å². The molecule has 2 fully saturated rings. The first-order valence-electron chi connectivity index (χ1n) is 8.39. The van der Waals surface area contributed by atoms with E-state index in [4.69, 9.17) is 5.11 Å². The van der Waals surface area contributed by atoms with E-state index < -0.39 is 5.97 Å². The molecule has 6 nitrogen and oxygen atoms in total. The Kier molecular flexibility index (Phi) is 4.79. The molecule has 3 rings (SSSR count). The summed E-state index contributed by atoms with van der Waals surface area (Å²) in [4.78, 5) is 32.3. The summed E-state index contributed by atoms with van der Waals surface area (Å²) < 4.78 is 0. The van der Waals surface area contributed by atoms with Crippen molar-refractivity contribution in [2.24, 2.45) is 5.92 Å². The fourth-order valence-corrected chi connectivity index (χ4v) is 3.42. The first-order chi connectivity index (χ1) is 11.2. The molecule has 0 radical (unpaired) electrons. The van der Waals surface area contributed by atoms with Crippen LogP contribution in [0.1, 0.15) is 42.5 Å². The molecule has 0 atom stereocenters. The van der Waals surface area contributed by atoms with E-state index in [0.29, 0.717) is 31.5 Å². The van der Waals surface area contributed by atoms with Crippen molar-refractivity contribution in [3.05, 3.63) is 23.9 Å². The van der Waals surface area contributed by atoms with Crippen LogP contribution in [-0.4, -0.2) is 53.0 Å². The third kappa shape index (κ3) is 3.46. The molecule has 2 aliphatic rings. The fraction of sp³-hybridized carbons (Fsp3) is 0.588. The van der Waals surface area contributed by atoms with Crippen molar-refractivity contribution in [2.75, 3.05) is 31.1 Å². The minimum absolute atomic E-state index is 0.0255. The topological polar surface area (TPSA) is 73.7 Å². The van der Waals surface area contributed by atoms with Crippen LogP contribution in [0.4, 0.5) is 5.82 Å². The molecule has 6 heteroatoms. The summed E-state index contributed by atoms with van der Waals surface area (Å²) in [5.41, 5.74) is 0.642. The lowest BCUT2D eigenvalue weighted by atomic mass is 9.96. The van der Waals surface area contributed by atoms with E-state index in [0.717, 1.165) is 31.7 Å². The Balaban J connectivity index is 1.74. The van der Waals surface area contributed by atoms with E-state index in [1.807, 2.05) is 6.07 Å². The predicted octanol–water partition coefficient (Wildman–Crippen LogP) is 2.01. The molecule has 0 unspecified atom stereocenters. The van der Waals surface area contributed by atoms with Gasteiger partial charge in [-0.2, -0.15) is 0 Å². The van der Waals surface area contributed by atoms with Crippen molar-refractivity contribution >= 4 is 17.7 Å². The third-order valence-electron chi connectivity index (χ3n) is 4.80. The van der Waals surface area contributed by atoms with Crippen LogP contribution < -0.4 is 4.90 Å². The second kappa shape index (κ2) is 6.98. The second-order valence-corrected chi connectivity index (χ2v) is 6.33. The van der Waals surface area contributed by atoms with Crippen LogP contribution in [0.15, 0.2) is 18.3 Å². The highest BCUT2D eigenvalue weighted by Crippen LogP contribution is 2.25. The Morgan fingerprint density at radius 3 is 2.43 bits per heavy atom. The quantitative estimate of drug-likeness (QED) is 0.923. The number of carbonyl (C=O) groups excluding carboxylic acids is 1. The lowest BCUT2D eigenvalue weighted by Gasteiger charge is -2.33. The number of rotatable bonds is 3. The lowest BCUT2D eigenvalue weighted by Crippen LogP contribution is -2.41. The zero-order chi connectivity index (χ0) is 16.2. The van der Waals surface area contributed by atoms with Crippen molar-refractivity contribution in [1.82, 2.24) is 9.88 Å². The van der Waals surface area contributed by atoms with Gasteiger partial charge in [-0.1, -0.05) is 0 Å². The number of aromatic nitrogens is 1. The predicted molar refractivity (Wildman–Crippen MR) is 86.6 cm³/mol. The number of nitrogens with zero attached hydrogens (tertiary/aromatic N) is 3. The van der Waals surface area contributed by atoms with Gasteiger partial charge >= 0.3 is 5.97 Å². The number of carbonyl (C=O) groups is 2. The maximum atomic E-state index is 12.9. The van der Waals surface area contributed by atoms with Crippen molar-refractivity contribution in [1.29, 1.82) is 0 Å². The molecule has 1 amide bonds. The van der Waals surface area contributed by atoms with Crippen LogP contribution in [0.3, 0.4) is 0 Å². The monoisotopic (exact) mass is 317 g/mol. The fourth-order valence-electron chi connectivity index (χ4n) is 3.42. The minimum atomic E-state index is -0.757. The molecule has 23 heavy (non-hydrogen) atoms. The number of likely N-dealkylation sites (tertiary alicyclic amines) is 1. The Hall–Kier alpha value is -2.11. The summed E-state index contributed by atoms with van der Waals surface area (Å²) in [6.07, 6.45) is 6.29. The normalized spacial score (nSPS) is 19.7. The van der Waals surface area contributed by atoms with Crippen LogP contribution in [0, 0.1) is 5.92 Å². The molecule has 0 aliphatic carbocycles. The molecule has 1 N–H and O–H groups in total. The largest absolute Gasteiger partial charge is 0.481 e. The van der Waals surface area contributed by atoms with Gasteiger partial charge in [-0.25, -0.2) is 4.98 Å². The van der Waals surface area contributed by atoms with Crippen molar-refractivity contribution < 1.29 is 14.7 Å². The molecule has 124 valence electrons. The molecule has 2 saturated heterocycles. The molecule has 0 saturated carbocycles. The first-order valence-corrected chi connectivity index (χ1v) is 8.39. The Morgan fingerprint density at radius 1 is 1.09 bits per heavy atom. The Bertz CT molecular complexity index is 576. The summed E-state index contributed by atoms with van der Waals surface area (Å²) in [6.45, 7) is 2.89. The number of aliphatic carboxylic acids is 1. The summed E-state index contributed by atoms with van der Waals surface area (Å²) in [6, 6.07) is 3.63. The van der Waals surface area contributed by atoms with Crippen molar-refractivity contribution in [2.45, 2.75) is 32.1 Å². The van der Waals surface area contributed by atoms with Crippen LogP contribution in [0.5, 0.6) is 0 Å². The zero-order valence-electron chi connectivity index (χ0n) is 13.3. The van der Waals surface area contributed by atoms with Crippen LogP contribution in [-0.2, 0) is 4.79 Å². The van der Waals surface area contributed by atoms with Gasteiger partial charge in [0.05, 0.1) is 11.5 Å². The molecule has 2 aliphatic heterocycles. The molecule has 1 aromatic rings. The molecule has 0 bridgehead atoms. The van der Waals surface area contributed by atoms with E-state index in [1.54, 1.807) is 17.2 Å². The van der Waals surface area contributed by atoms with E-state index in [2.05, 4.69) is 9.88 Å². The third-order valence-corrected chi connectivity index (χ3v) is 4.80. The highest BCUT2D eigenvalue weighted by Gasteiger charge is 2.29. The van der Waals surface area contributed by atoms with Gasteiger partial charge < -0.3 is 14.9 Å². The summed E-state index contributed by atoms with van der Waals surface area (Å²) >= 11 is 0. The number of pyridine rings is 1. The van der Waals surface area contributed by atoms with Gasteiger partial charge in [0.1, 0.15) is 5.82 Å². The second-order valence-electron chi connectivity index (χ2n) is 6.33. The highest BCUT2D eigenvalue weighted by atomic mass is 16.4. The van der Waals surface area contributed by atoms with Crippen molar-refractivity contribution in [3.8, 4) is 0 Å². The van der Waals surface area contributed by atoms with E-state index in [-0.39, 0.29) is 11.8 Å². The van der Waals surface area contributed by atoms with Crippen LogP contribution >= 0.6 is 0 Å². The van der Waals surface area contributed by atoms with Crippen LogP contribution in [0.2, 0.25) is 0 Å². The molecule has 1 aromatic heterocycles. The number of anilines is 1. The van der Waals surface area contributed by atoms with Gasteiger partial charge in [0.15, 0.2) is 0 Å². The number of hydrogen-bond acceptors (Lipinski definition) is 4. The SMILES string of the molecule is O=C(O)C1CCN(C(=O)c2cccnc2N2CCCCC2)CC1. The van der Waals surface area contributed by atoms with Gasteiger partial charge in [0, 0.05) is 32.4 Å². The number of hydrogen-bond donors (Lipinski definition) is 1. The number of amides is 1. The maximum absolute atomic E-state index is 12.9. The highest BCUT2D eigenvalue weighted by molar-refractivity contribution is 5.99.